The Morgan fingerprint density at radius 3 is 2.59 bits per heavy atom. The summed E-state index contributed by atoms with van der Waals surface area (Å²) in [7, 11) is -1.59. The fourth-order valence-electron chi connectivity index (χ4n) is 2.39. The highest BCUT2D eigenvalue weighted by Gasteiger charge is 2.32. The number of nitrogens with zero attached hydrogens (tertiary/aromatic N) is 5. The quantitative estimate of drug-likeness (QED) is 0.377. The Morgan fingerprint density at radius 1 is 1.31 bits per heavy atom. The number of benzene rings is 1. The summed E-state index contributed by atoms with van der Waals surface area (Å²) in [6.07, 6.45) is 0.555. The van der Waals surface area contributed by atoms with Crippen LogP contribution in [0.5, 0.6) is 0 Å². The maximum atomic E-state index is 12.2. The lowest BCUT2D eigenvalue weighted by Crippen LogP contribution is -2.21. The molecule has 0 bridgehead atoms. The second kappa shape index (κ2) is 8.85. The first-order valence-corrected chi connectivity index (χ1v) is 8.73. The van der Waals surface area contributed by atoms with Gasteiger partial charge in [-0.2, -0.15) is 8.42 Å². The van der Waals surface area contributed by atoms with Crippen LogP contribution in [-0.4, -0.2) is 56.9 Å². The van der Waals surface area contributed by atoms with E-state index in [1.165, 1.54) is 7.11 Å². The Hall–Kier alpha value is -3.91. The maximum absolute atomic E-state index is 12.2. The molecule has 0 radical (unpaired) electrons. The number of nitrogens with one attached hydrogen (secondary N) is 1. The molecule has 1 aliphatic carbocycles. The van der Waals surface area contributed by atoms with Crippen molar-refractivity contribution < 1.29 is 28.3 Å². The van der Waals surface area contributed by atoms with Crippen molar-refractivity contribution in [2.24, 2.45) is 0 Å². The molecular formula is C15H14N6O7S. The van der Waals surface area contributed by atoms with Crippen molar-refractivity contribution in [1.29, 1.82) is 0 Å². The van der Waals surface area contributed by atoms with Crippen LogP contribution >= 0.6 is 0 Å². The highest BCUT2D eigenvalue weighted by Crippen LogP contribution is 2.25. The number of carbonyl (C=O) groups excluding carboxylic acids is 1. The molecule has 0 aliphatic heterocycles. The minimum atomic E-state index is -2.84. The molecule has 14 heteroatoms. The van der Waals surface area contributed by atoms with Crippen LogP contribution in [0.15, 0.2) is 47.9 Å². The number of tetrazole rings is 1. The standard InChI is InChI=1S/C15H12N6O6S.H2O/c1-27-12-7-11(21(23)24)13(28(25)26)8-10(12)20-18-14(17-19-20)15(22)16-9-5-3-2-4-6-9;/h2-7H,8H2,1H3,(H,16,22);1H2. The molecule has 1 aliphatic rings. The molecule has 152 valence electrons. The van der Waals surface area contributed by atoms with Gasteiger partial charge in [-0.1, -0.05) is 18.2 Å². The van der Waals surface area contributed by atoms with Crippen LogP contribution in [0.4, 0.5) is 5.69 Å². The van der Waals surface area contributed by atoms with Crippen molar-refractivity contribution >= 4 is 32.4 Å². The Labute approximate surface area is 164 Å². The second-order valence-corrected chi connectivity index (χ2v) is 6.32. The van der Waals surface area contributed by atoms with Crippen molar-refractivity contribution in [3.8, 4) is 0 Å². The van der Waals surface area contributed by atoms with Crippen LogP contribution in [0.1, 0.15) is 17.0 Å². The highest BCUT2D eigenvalue weighted by molar-refractivity contribution is 7.73. The van der Waals surface area contributed by atoms with E-state index in [4.69, 9.17) is 4.74 Å². The number of allylic oxidation sites excluding steroid dienone is 3. The second-order valence-electron chi connectivity index (χ2n) is 5.36. The van der Waals surface area contributed by atoms with Gasteiger partial charge in [0.25, 0.3) is 17.4 Å². The van der Waals surface area contributed by atoms with Crippen LogP contribution in [0.25, 0.3) is 5.70 Å². The van der Waals surface area contributed by atoms with Gasteiger partial charge >= 0.3 is 0 Å². The maximum Gasteiger partial charge on any atom is 0.297 e. The van der Waals surface area contributed by atoms with E-state index in [9.17, 15) is 23.3 Å². The normalized spacial score (nSPS) is 13.3. The zero-order chi connectivity index (χ0) is 20.3. The van der Waals surface area contributed by atoms with Crippen molar-refractivity contribution in [3.05, 3.63) is 63.8 Å². The number of para-hydroxylation sites is 1. The summed E-state index contributed by atoms with van der Waals surface area (Å²) in [4.78, 5) is 22.9. The number of anilines is 1. The molecule has 13 nitrogen and oxygen atoms in total. The lowest BCUT2D eigenvalue weighted by Gasteiger charge is -2.14. The summed E-state index contributed by atoms with van der Waals surface area (Å²) in [6.45, 7) is 0. The Morgan fingerprint density at radius 2 is 2.00 bits per heavy atom. The molecule has 29 heavy (non-hydrogen) atoms. The van der Waals surface area contributed by atoms with Crippen LogP contribution in [0.3, 0.4) is 0 Å². The van der Waals surface area contributed by atoms with Gasteiger partial charge in [-0.15, -0.1) is 15.0 Å². The zero-order valence-electron chi connectivity index (χ0n) is 14.8. The van der Waals surface area contributed by atoms with E-state index in [1.54, 1.807) is 30.3 Å². The molecule has 0 fully saturated rings. The van der Waals surface area contributed by atoms with Crippen molar-refractivity contribution in [3.63, 3.8) is 0 Å². The number of nitro groups is 1. The van der Waals surface area contributed by atoms with Crippen LogP contribution in [-0.2, 0) is 15.0 Å². The van der Waals surface area contributed by atoms with E-state index < -0.39 is 38.1 Å². The molecule has 3 N–H and O–H groups in total. The molecule has 0 unspecified atom stereocenters. The molecule has 3 rings (SSSR count). The lowest BCUT2D eigenvalue weighted by molar-refractivity contribution is -0.415. The number of rotatable bonds is 5. The summed E-state index contributed by atoms with van der Waals surface area (Å²) in [5.41, 5.74) is -0.0103. The number of ether oxygens (including phenoxy) is 1. The summed E-state index contributed by atoms with van der Waals surface area (Å²) >= 11 is 0. The van der Waals surface area contributed by atoms with Gasteiger partial charge in [0, 0.05) is 12.1 Å². The number of hydrogen-bond acceptors (Lipinski definition) is 9. The third-order valence-electron chi connectivity index (χ3n) is 3.67. The first-order valence-electron chi connectivity index (χ1n) is 7.66. The van der Waals surface area contributed by atoms with Gasteiger partial charge in [-0.3, -0.25) is 14.9 Å². The Bertz CT molecular complexity index is 1140. The van der Waals surface area contributed by atoms with Gasteiger partial charge in [0.05, 0.1) is 18.1 Å². The van der Waals surface area contributed by atoms with Crippen molar-refractivity contribution in [1.82, 2.24) is 20.2 Å². The monoisotopic (exact) mass is 422 g/mol. The van der Waals surface area contributed by atoms with Gasteiger partial charge in [-0.05, 0) is 17.3 Å². The molecule has 1 aromatic heterocycles. The third kappa shape index (κ3) is 4.50. The SMILES string of the molecule is COC1=C(n2nnc(C(=O)Nc3ccccc3)n2)CC(=S(=O)=O)C([N+](=O)[O-])=C1.O. The molecule has 2 aromatic rings. The summed E-state index contributed by atoms with van der Waals surface area (Å²) in [6, 6.07) is 8.59. The molecule has 1 aromatic carbocycles. The predicted molar refractivity (Wildman–Crippen MR) is 99.7 cm³/mol. The highest BCUT2D eigenvalue weighted by atomic mass is 32.2. The predicted octanol–water partition coefficient (Wildman–Crippen LogP) is -0.468. The van der Waals surface area contributed by atoms with Crippen LogP contribution < -0.4 is 5.32 Å². The molecule has 0 spiro atoms. The van der Waals surface area contributed by atoms with E-state index in [1.807, 2.05) is 0 Å². The van der Waals surface area contributed by atoms with Crippen molar-refractivity contribution in [2.45, 2.75) is 6.42 Å². The van der Waals surface area contributed by atoms with Crippen molar-refractivity contribution in [2.75, 3.05) is 12.4 Å². The molecule has 0 saturated carbocycles. The number of hydrogen-bond donors (Lipinski definition) is 1. The van der Waals surface area contributed by atoms with Gasteiger partial charge in [0.1, 0.15) is 11.5 Å². The smallest absolute Gasteiger partial charge is 0.297 e. The van der Waals surface area contributed by atoms with E-state index in [2.05, 4.69) is 20.7 Å². The van der Waals surface area contributed by atoms with E-state index >= 15 is 0 Å². The van der Waals surface area contributed by atoms with Gasteiger partial charge < -0.3 is 15.5 Å². The number of aromatic nitrogens is 4. The van der Waals surface area contributed by atoms with Crippen LogP contribution in [0.2, 0.25) is 0 Å². The van der Waals surface area contributed by atoms with Crippen LogP contribution in [0, 0.1) is 10.1 Å². The van der Waals surface area contributed by atoms with E-state index in [0.29, 0.717) is 5.69 Å². The minimum Gasteiger partial charge on any atom is -0.494 e. The first-order chi connectivity index (χ1) is 13.4. The fourth-order valence-corrected chi connectivity index (χ4v) is 2.95. The van der Waals surface area contributed by atoms with Gasteiger partial charge in [0.15, 0.2) is 4.86 Å². The minimum absolute atomic E-state index is 0. The average Bonchev–Trinajstić information content (AvgIpc) is 3.17. The molecule has 0 atom stereocenters. The van der Waals surface area contributed by atoms with Gasteiger partial charge in [-0.25, -0.2) is 0 Å². The Kier molecular flexibility index (Phi) is 6.53. The third-order valence-corrected chi connectivity index (χ3v) is 4.43. The number of amides is 1. The molecular weight excluding hydrogens is 408 g/mol. The van der Waals surface area contributed by atoms with E-state index in [0.717, 1.165) is 10.9 Å². The summed E-state index contributed by atoms with van der Waals surface area (Å²) in [5.74, 6) is -0.931. The molecule has 1 heterocycles. The first kappa shape index (κ1) is 21.4. The number of methoxy groups -OCH3 is 1. The summed E-state index contributed by atoms with van der Waals surface area (Å²) < 4.78 is 27.9. The largest absolute Gasteiger partial charge is 0.494 e. The molecule has 1 amide bonds. The topological polar surface area (TPSA) is 191 Å². The zero-order valence-corrected chi connectivity index (χ0v) is 15.6. The summed E-state index contributed by atoms with van der Waals surface area (Å²) in [5, 5.41) is 25.0. The van der Waals surface area contributed by atoms with E-state index in [-0.39, 0.29) is 22.8 Å². The average molecular weight is 422 g/mol. The fraction of sp³-hybridized carbons (Fsp3) is 0.133. The molecule has 0 saturated heterocycles. The van der Waals surface area contributed by atoms with Gasteiger partial charge in [0.2, 0.25) is 10.3 Å². The Balaban J connectivity index is 0.00000300. The number of carbonyl (C=O) groups is 1. The lowest BCUT2D eigenvalue weighted by atomic mass is 10.1.